The summed E-state index contributed by atoms with van der Waals surface area (Å²) in [5.74, 6) is 0.506. The molecule has 4 rings (SSSR count). The largest absolute Gasteiger partial charge is 0.494 e. The number of halogens is 2. The molecule has 6 nitrogen and oxygen atoms in total. The monoisotopic (exact) mass is 443 g/mol. The fraction of sp³-hybridized carbons (Fsp3) is 0.273. The highest BCUT2D eigenvalue weighted by molar-refractivity contribution is 7.84. The molecule has 0 saturated carbocycles. The van der Waals surface area contributed by atoms with Gasteiger partial charge in [-0.1, -0.05) is 0 Å². The van der Waals surface area contributed by atoms with E-state index < -0.39 is 22.3 Å². The van der Waals surface area contributed by atoms with Gasteiger partial charge in [-0.25, -0.2) is 18.7 Å². The Hall–Kier alpha value is -3.07. The molecule has 162 valence electrons. The molecular formula is C22H23F2N5OS. The van der Waals surface area contributed by atoms with E-state index in [0.29, 0.717) is 41.6 Å². The first kappa shape index (κ1) is 21.2. The summed E-state index contributed by atoms with van der Waals surface area (Å²) in [6.07, 6.45) is 4.53. The van der Waals surface area contributed by atoms with Crippen LogP contribution in [0.15, 0.2) is 42.6 Å². The summed E-state index contributed by atoms with van der Waals surface area (Å²) in [4.78, 5) is 8.38. The van der Waals surface area contributed by atoms with Gasteiger partial charge in [0.2, 0.25) is 5.95 Å². The van der Waals surface area contributed by atoms with E-state index in [1.165, 1.54) is 12.1 Å². The second-order valence-electron chi connectivity index (χ2n) is 7.34. The minimum absolute atomic E-state index is 0.0848. The summed E-state index contributed by atoms with van der Waals surface area (Å²) in [6.45, 7) is 1.08. The zero-order chi connectivity index (χ0) is 21.8. The molecule has 1 aromatic heterocycles. The zero-order valence-corrected chi connectivity index (χ0v) is 17.9. The van der Waals surface area contributed by atoms with Crippen molar-refractivity contribution in [3.8, 4) is 17.0 Å². The van der Waals surface area contributed by atoms with E-state index in [4.69, 9.17) is 9.52 Å². The molecule has 9 heteroatoms. The lowest BCUT2D eigenvalue weighted by molar-refractivity contribution is 0.308. The third kappa shape index (κ3) is 5.35. The van der Waals surface area contributed by atoms with Crippen molar-refractivity contribution in [2.45, 2.75) is 18.6 Å². The summed E-state index contributed by atoms with van der Waals surface area (Å²) in [6, 6.07) is 10.1. The lowest BCUT2D eigenvalue weighted by Crippen LogP contribution is -2.08. The highest BCUT2D eigenvalue weighted by Crippen LogP contribution is 2.28. The highest BCUT2D eigenvalue weighted by atomic mass is 32.2. The number of nitrogens with one attached hydrogen (secondary N) is 3. The van der Waals surface area contributed by atoms with Gasteiger partial charge in [0.15, 0.2) is 5.82 Å². The fourth-order valence-electron chi connectivity index (χ4n) is 3.36. The number of nitrogens with zero attached hydrogens (tertiary/aromatic N) is 2. The maximum atomic E-state index is 14.5. The quantitative estimate of drug-likeness (QED) is 0.503. The standard InChI is InChI=1S/C22H23F2N5OS/c1-31(25)13-14-8-16-11-17(9-14)30-7-3-2-6-26-20-10-15(4-5-18(20)23)21-19(24)12-27-22(28-16)29-21/h4-5,8-12,25-26H,2-3,6-7,13H2,1H3,(H,27,28,29). The molecule has 0 spiro atoms. The van der Waals surface area contributed by atoms with Gasteiger partial charge in [-0.2, -0.15) is 0 Å². The summed E-state index contributed by atoms with van der Waals surface area (Å²) >= 11 is 0. The summed E-state index contributed by atoms with van der Waals surface area (Å²) in [5.41, 5.74) is 2.51. The van der Waals surface area contributed by atoms with Crippen LogP contribution in [0.4, 0.5) is 26.1 Å². The van der Waals surface area contributed by atoms with Crippen LogP contribution in [0.5, 0.6) is 5.75 Å². The Morgan fingerprint density at radius 2 is 2.00 bits per heavy atom. The minimum Gasteiger partial charge on any atom is -0.494 e. The molecule has 1 aliphatic heterocycles. The average molecular weight is 444 g/mol. The van der Waals surface area contributed by atoms with Crippen molar-refractivity contribution >= 4 is 28.0 Å². The smallest absolute Gasteiger partial charge is 0.227 e. The molecule has 31 heavy (non-hydrogen) atoms. The average Bonchev–Trinajstić information content (AvgIpc) is 2.72. The normalized spacial score (nSPS) is 14.7. The number of hydrogen-bond acceptors (Lipinski definition) is 6. The first-order chi connectivity index (χ1) is 15.0. The van der Waals surface area contributed by atoms with Crippen molar-refractivity contribution in [1.29, 1.82) is 4.78 Å². The Bertz CT molecular complexity index is 1130. The van der Waals surface area contributed by atoms with Crippen LogP contribution in [-0.4, -0.2) is 29.4 Å². The number of ether oxygens (including phenoxy) is 1. The predicted molar refractivity (Wildman–Crippen MR) is 120 cm³/mol. The Morgan fingerprint density at radius 1 is 1.13 bits per heavy atom. The van der Waals surface area contributed by atoms with E-state index >= 15 is 0 Å². The Morgan fingerprint density at radius 3 is 2.84 bits per heavy atom. The van der Waals surface area contributed by atoms with Crippen LogP contribution in [-0.2, 0) is 16.4 Å². The maximum absolute atomic E-state index is 14.5. The second kappa shape index (κ2) is 9.38. The molecule has 1 aliphatic rings. The summed E-state index contributed by atoms with van der Waals surface area (Å²) in [7, 11) is -0.519. The van der Waals surface area contributed by atoms with Crippen molar-refractivity contribution < 1.29 is 13.5 Å². The van der Waals surface area contributed by atoms with Crippen LogP contribution in [0.1, 0.15) is 18.4 Å². The number of hydrogen-bond donors (Lipinski definition) is 3. The van der Waals surface area contributed by atoms with E-state index in [9.17, 15) is 8.78 Å². The van der Waals surface area contributed by atoms with Gasteiger partial charge in [-0.05, 0) is 55.0 Å². The van der Waals surface area contributed by atoms with Crippen LogP contribution in [0.2, 0.25) is 0 Å². The van der Waals surface area contributed by atoms with Gasteiger partial charge < -0.3 is 15.4 Å². The van der Waals surface area contributed by atoms with Crippen LogP contribution >= 0.6 is 0 Å². The van der Waals surface area contributed by atoms with Crippen LogP contribution in [0.3, 0.4) is 0 Å². The number of fused-ring (bicyclic) bond motifs is 7. The van der Waals surface area contributed by atoms with Gasteiger partial charge in [0.05, 0.1) is 18.5 Å². The number of anilines is 3. The van der Waals surface area contributed by atoms with Crippen molar-refractivity contribution in [1.82, 2.24) is 9.97 Å². The predicted octanol–water partition coefficient (Wildman–Crippen LogP) is 5.26. The van der Waals surface area contributed by atoms with E-state index in [1.807, 2.05) is 24.5 Å². The molecule has 1 unspecified atom stereocenters. The highest BCUT2D eigenvalue weighted by Gasteiger charge is 2.14. The Balaban J connectivity index is 1.76. The van der Waals surface area contributed by atoms with E-state index in [-0.39, 0.29) is 11.6 Å². The van der Waals surface area contributed by atoms with Gasteiger partial charge in [0.25, 0.3) is 0 Å². The van der Waals surface area contributed by atoms with E-state index in [2.05, 4.69) is 20.6 Å². The third-order valence-corrected chi connectivity index (χ3v) is 5.51. The molecule has 1 atom stereocenters. The molecule has 0 fully saturated rings. The van der Waals surface area contributed by atoms with Gasteiger partial charge in [-0.3, -0.25) is 4.78 Å². The first-order valence-electron chi connectivity index (χ1n) is 9.92. The fourth-order valence-corrected chi connectivity index (χ4v) is 4.02. The molecule has 3 N–H and O–H groups in total. The SMILES string of the molecule is CS(=N)Cc1cc2cc(c1)OCCCCNc1cc(ccc1F)-c1nc(ncc1F)N2. The van der Waals surface area contributed by atoms with Crippen molar-refractivity contribution in [3.63, 3.8) is 0 Å². The second-order valence-corrected chi connectivity index (χ2v) is 8.90. The number of benzene rings is 2. The minimum atomic E-state index is -0.591. The first-order valence-corrected chi connectivity index (χ1v) is 11.7. The number of rotatable bonds is 2. The topological polar surface area (TPSA) is 82.9 Å². The van der Waals surface area contributed by atoms with E-state index in [1.54, 1.807) is 6.07 Å². The lowest BCUT2D eigenvalue weighted by atomic mass is 10.1. The van der Waals surface area contributed by atoms with Crippen molar-refractivity contribution in [2.24, 2.45) is 0 Å². The molecular weight excluding hydrogens is 420 g/mol. The van der Waals surface area contributed by atoms with Crippen LogP contribution in [0.25, 0.3) is 11.3 Å². The number of aromatic nitrogens is 2. The summed E-state index contributed by atoms with van der Waals surface area (Å²) < 4.78 is 42.5. The molecule has 2 heterocycles. The Kier molecular flexibility index (Phi) is 6.41. The summed E-state index contributed by atoms with van der Waals surface area (Å²) in [5, 5.41) is 6.18. The molecule has 6 bridgehead atoms. The lowest BCUT2D eigenvalue weighted by Gasteiger charge is -2.14. The van der Waals surface area contributed by atoms with Crippen molar-refractivity contribution in [3.05, 3.63) is 59.8 Å². The molecule has 0 saturated heterocycles. The zero-order valence-electron chi connectivity index (χ0n) is 17.0. The molecule has 0 amide bonds. The molecule has 0 radical (unpaired) electrons. The van der Waals surface area contributed by atoms with Crippen LogP contribution < -0.4 is 15.4 Å². The van der Waals surface area contributed by atoms with Gasteiger partial charge in [0.1, 0.15) is 17.3 Å². The van der Waals surface area contributed by atoms with Crippen LogP contribution in [0, 0.1) is 16.4 Å². The third-order valence-electron chi connectivity index (χ3n) is 4.74. The van der Waals surface area contributed by atoms with Crippen molar-refractivity contribution in [2.75, 3.05) is 30.0 Å². The van der Waals surface area contributed by atoms with Gasteiger partial charge >= 0.3 is 0 Å². The van der Waals surface area contributed by atoms with Gasteiger partial charge in [0, 0.05) is 29.6 Å². The molecule has 3 aromatic rings. The van der Waals surface area contributed by atoms with E-state index in [0.717, 1.165) is 24.6 Å². The maximum Gasteiger partial charge on any atom is 0.227 e. The Labute approximate surface area is 182 Å². The van der Waals surface area contributed by atoms with Gasteiger partial charge in [-0.15, -0.1) is 10.7 Å². The molecule has 0 aliphatic carbocycles. The molecule has 2 aromatic carbocycles.